The zero-order valence-electron chi connectivity index (χ0n) is 10.1. The molecule has 1 unspecified atom stereocenters. The fourth-order valence-electron chi connectivity index (χ4n) is 1.39. The van der Waals surface area contributed by atoms with E-state index in [0.29, 0.717) is 13.0 Å². The molecule has 0 saturated carbocycles. The van der Waals surface area contributed by atoms with Crippen molar-refractivity contribution in [3.63, 3.8) is 0 Å². The van der Waals surface area contributed by atoms with Crippen LogP contribution in [0.4, 0.5) is 0 Å². The minimum absolute atomic E-state index is 0.0193. The molecule has 0 radical (unpaired) electrons. The van der Waals surface area contributed by atoms with Gasteiger partial charge < -0.3 is 0 Å². The summed E-state index contributed by atoms with van der Waals surface area (Å²) in [5.74, 6) is -0.0193. The third-order valence-electron chi connectivity index (χ3n) is 2.40. The van der Waals surface area contributed by atoms with Gasteiger partial charge in [-0.25, -0.2) is 0 Å². The van der Waals surface area contributed by atoms with Crippen molar-refractivity contribution in [3.8, 4) is 0 Å². The first-order chi connectivity index (χ1) is 8.17. The number of methoxy groups -OCH3 is 2. The Bertz CT molecular complexity index is 367. The van der Waals surface area contributed by atoms with Gasteiger partial charge in [-0.2, -0.15) is 0 Å². The van der Waals surface area contributed by atoms with Crippen LogP contribution in [0.3, 0.4) is 0 Å². The fraction of sp³-hybridized carbons (Fsp3) is 0.417. The van der Waals surface area contributed by atoms with E-state index in [1.807, 2.05) is 24.3 Å². The average molecular weight is 299 g/mol. The molecule has 0 spiro atoms. The molecule has 0 aliphatic heterocycles. The van der Waals surface area contributed by atoms with Crippen molar-refractivity contribution in [2.24, 2.45) is 0 Å². The summed E-state index contributed by atoms with van der Waals surface area (Å²) in [5.41, 5.74) is 1.07. The van der Waals surface area contributed by atoms with Crippen LogP contribution in [0.1, 0.15) is 5.56 Å². The summed E-state index contributed by atoms with van der Waals surface area (Å²) in [6.07, 6.45) is 0.00854. The van der Waals surface area contributed by atoms with Crippen molar-refractivity contribution in [3.05, 3.63) is 29.8 Å². The number of nitrogens with one attached hydrogen (secondary N) is 1. The fourth-order valence-corrected chi connectivity index (χ4v) is 2.04. The van der Waals surface area contributed by atoms with E-state index >= 15 is 0 Å². The summed E-state index contributed by atoms with van der Waals surface area (Å²) < 4.78 is 11.2. The van der Waals surface area contributed by atoms with Gasteiger partial charge in [0, 0.05) is 0 Å². The molecule has 1 aromatic rings. The average Bonchev–Trinajstić information content (AvgIpc) is 2.33. The van der Waals surface area contributed by atoms with Gasteiger partial charge in [-0.1, -0.05) is 0 Å². The second kappa shape index (κ2) is 7.49. The maximum atomic E-state index is 11.7. The van der Waals surface area contributed by atoms with Crippen molar-refractivity contribution >= 4 is 27.1 Å². The molecule has 0 saturated heterocycles. The molecule has 0 heterocycles. The van der Waals surface area contributed by atoms with Crippen LogP contribution in [-0.4, -0.2) is 49.8 Å². The van der Waals surface area contributed by atoms with Crippen LogP contribution in [0.2, 0.25) is 0 Å². The van der Waals surface area contributed by atoms with Crippen LogP contribution >= 0.6 is 0 Å². The molecule has 5 heteroatoms. The topological polar surface area (TPSA) is 47.6 Å². The molecule has 1 atom stereocenters. The quantitative estimate of drug-likeness (QED) is 0.554. The molecule has 0 bridgehead atoms. The van der Waals surface area contributed by atoms with Crippen LogP contribution in [-0.2, 0) is 20.7 Å². The van der Waals surface area contributed by atoms with Crippen LogP contribution in [0, 0.1) is 0 Å². The molecular formula is C12H18AsNO3. The molecule has 1 rings (SSSR count). The molecule has 0 aliphatic carbocycles. The first-order valence-electron chi connectivity index (χ1n) is 5.33. The first kappa shape index (κ1) is 14.2. The van der Waals surface area contributed by atoms with E-state index in [9.17, 15) is 4.79 Å². The van der Waals surface area contributed by atoms with Crippen molar-refractivity contribution in [2.45, 2.75) is 12.7 Å². The maximum absolute atomic E-state index is 11.7. The van der Waals surface area contributed by atoms with Crippen LogP contribution in [0.25, 0.3) is 0 Å². The molecule has 0 aromatic heterocycles. The molecular weight excluding hydrogens is 281 g/mol. The molecule has 4 nitrogen and oxygen atoms in total. The van der Waals surface area contributed by atoms with Gasteiger partial charge >= 0.3 is 110 Å². The second-order valence-corrected chi connectivity index (χ2v) is 4.89. The standard InChI is InChI=1S/C12H18AsNO3/c1-16-12(17-2)8-14-11(15)7-9-5-3-4-6-10(9)13/h3-6,12H,7-8,13H2,1-2H3,(H,14,15). The number of amides is 1. The number of ether oxygens (including phenoxy) is 2. The zero-order valence-corrected chi connectivity index (χ0v) is 12.5. The number of carbonyl (C=O) groups excluding carboxylic acids is 1. The number of benzene rings is 1. The summed E-state index contributed by atoms with van der Waals surface area (Å²) in [6, 6.07) is 7.92. The predicted molar refractivity (Wildman–Crippen MR) is 69.1 cm³/mol. The SMILES string of the molecule is COC(CNC(=O)Cc1ccccc1[AsH2])OC. The van der Waals surface area contributed by atoms with Crippen molar-refractivity contribution < 1.29 is 14.3 Å². The number of rotatable bonds is 6. The van der Waals surface area contributed by atoms with E-state index in [4.69, 9.17) is 9.47 Å². The van der Waals surface area contributed by atoms with Crippen LogP contribution in [0.5, 0.6) is 0 Å². The normalized spacial score (nSPS) is 10.6. The van der Waals surface area contributed by atoms with Gasteiger partial charge in [-0.3, -0.25) is 0 Å². The Hall–Kier alpha value is -0.832. The Kier molecular flexibility index (Phi) is 6.27. The number of hydrogen-bond acceptors (Lipinski definition) is 3. The van der Waals surface area contributed by atoms with E-state index < -0.39 is 0 Å². The summed E-state index contributed by atoms with van der Waals surface area (Å²) in [7, 11) is 3.09. The van der Waals surface area contributed by atoms with E-state index in [1.165, 1.54) is 21.2 Å². The minimum atomic E-state index is -0.389. The first-order valence-corrected chi connectivity index (χ1v) is 6.54. The summed E-state index contributed by atoms with van der Waals surface area (Å²) in [6.45, 7) is 0.364. The molecule has 1 amide bonds. The van der Waals surface area contributed by atoms with Crippen molar-refractivity contribution in [2.75, 3.05) is 20.8 Å². The summed E-state index contributed by atoms with van der Waals surface area (Å²) in [4.78, 5) is 11.7. The van der Waals surface area contributed by atoms with Crippen LogP contribution < -0.4 is 9.67 Å². The van der Waals surface area contributed by atoms with Crippen molar-refractivity contribution in [1.29, 1.82) is 0 Å². The van der Waals surface area contributed by atoms with Crippen molar-refractivity contribution in [1.82, 2.24) is 5.32 Å². The van der Waals surface area contributed by atoms with Gasteiger partial charge in [0.25, 0.3) is 0 Å². The van der Waals surface area contributed by atoms with E-state index in [0.717, 1.165) is 5.56 Å². The van der Waals surface area contributed by atoms with Gasteiger partial charge in [0.2, 0.25) is 0 Å². The van der Waals surface area contributed by atoms with Gasteiger partial charge in [0.15, 0.2) is 0 Å². The molecule has 17 heavy (non-hydrogen) atoms. The Morgan fingerprint density at radius 3 is 2.59 bits per heavy atom. The third-order valence-corrected chi connectivity index (χ3v) is 3.58. The van der Waals surface area contributed by atoms with Crippen LogP contribution in [0.15, 0.2) is 24.3 Å². The number of hydrogen-bond donors (Lipinski definition) is 1. The Morgan fingerprint density at radius 2 is 2.00 bits per heavy atom. The van der Waals surface area contributed by atoms with Gasteiger partial charge in [0.1, 0.15) is 0 Å². The van der Waals surface area contributed by atoms with Gasteiger partial charge in [-0.05, 0) is 0 Å². The van der Waals surface area contributed by atoms with E-state index in [-0.39, 0.29) is 12.2 Å². The second-order valence-electron chi connectivity index (χ2n) is 3.58. The van der Waals surface area contributed by atoms with Gasteiger partial charge in [-0.15, -0.1) is 0 Å². The molecule has 1 N–H and O–H groups in total. The number of carbonyl (C=O) groups is 1. The molecule has 94 valence electrons. The Balaban J connectivity index is 2.42. The molecule has 0 aliphatic rings. The van der Waals surface area contributed by atoms with Gasteiger partial charge in [0.05, 0.1) is 0 Å². The zero-order chi connectivity index (χ0) is 12.7. The Labute approximate surface area is 110 Å². The summed E-state index contributed by atoms with van der Waals surface area (Å²) in [5, 5.41) is 2.78. The molecule has 1 aromatic carbocycles. The monoisotopic (exact) mass is 299 g/mol. The van der Waals surface area contributed by atoms with E-state index in [2.05, 4.69) is 5.32 Å². The van der Waals surface area contributed by atoms with E-state index in [1.54, 1.807) is 14.2 Å². The Morgan fingerprint density at radius 1 is 1.35 bits per heavy atom. The third kappa shape index (κ3) is 4.90. The predicted octanol–water partition coefficient (Wildman–Crippen LogP) is -0.777. The summed E-state index contributed by atoms with van der Waals surface area (Å²) >= 11 is 1.53. The molecule has 0 fully saturated rings.